The highest BCUT2D eigenvalue weighted by molar-refractivity contribution is 14.0. The Bertz CT molecular complexity index is 505. The number of guanidine groups is 1. The van der Waals surface area contributed by atoms with Crippen molar-refractivity contribution < 1.29 is 9.47 Å². The van der Waals surface area contributed by atoms with E-state index in [4.69, 9.17) is 9.47 Å². The van der Waals surface area contributed by atoms with Gasteiger partial charge in [-0.3, -0.25) is 9.67 Å². The van der Waals surface area contributed by atoms with Crippen molar-refractivity contribution >= 4 is 29.9 Å². The van der Waals surface area contributed by atoms with Gasteiger partial charge in [0.1, 0.15) is 0 Å². The van der Waals surface area contributed by atoms with E-state index in [1.54, 1.807) is 14.2 Å². The summed E-state index contributed by atoms with van der Waals surface area (Å²) in [5, 5.41) is 7.94. The number of methoxy groups -OCH3 is 1. The normalized spacial score (nSPS) is 11.6. The summed E-state index contributed by atoms with van der Waals surface area (Å²) in [6, 6.07) is 0. The maximum atomic E-state index is 5.46. The lowest BCUT2D eigenvalue weighted by molar-refractivity contribution is 0.0698. The van der Waals surface area contributed by atoms with E-state index in [2.05, 4.69) is 40.4 Å². The molecule has 0 unspecified atom stereocenters. The fourth-order valence-corrected chi connectivity index (χ4v) is 2.50. The topological polar surface area (TPSA) is 63.9 Å². The van der Waals surface area contributed by atoms with Crippen molar-refractivity contribution in [2.75, 3.05) is 47.6 Å². The van der Waals surface area contributed by atoms with E-state index in [1.165, 1.54) is 5.56 Å². The van der Waals surface area contributed by atoms with Crippen molar-refractivity contribution in [3.63, 3.8) is 0 Å². The van der Waals surface area contributed by atoms with E-state index in [1.807, 2.05) is 18.8 Å². The van der Waals surface area contributed by atoms with Gasteiger partial charge < -0.3 is 19.7 Å². The van der Waals surface area contributed by atoms with Gasteiger partial charge in [0.15, 0.2) is 5.96 Å². The molecule has 0 aromatic carbocycles. The molecule has 1 rings (SSSR count). The smallest absolute Gasteiger partial charge is 0.193 e. The average molecular weight is 467 g/mol. The minimum atomic E-state index is 0. The molecule has 0 saturated carbocycles. The van der Waals surface area contributed by atoms with Gasteiger partial charge >= 0.3 is 0 Å². The fourth-order valence-electron chi connectivity index (χ4n) is 2.50. The maximum Gasteiger partial charge on any atom is 0.193 e. The third kappa shape index (κ3) is 8.87. The van der Waals surface area contributed by atoms with Crippen molar-refractivity contribution in [3.8, 4) is 0 Å². The average Bonchev–Trinajstić information content (AvgIpc) is 2.90. The molecule has 1 aromatic heterocycles. The van der Waals surface area contributed by atoms with Crippen LogP contribution in [0.5, 0.6) is 0 Å². The summed E-state index contributed by atoms with van der Waals surface area (Å²) in [6.45, 7) is 7.95. The number of nitrogens with one attached hydrogen (secondary N) is 1. The zero-order chi connectivity index (χ0) is 17.9. The van der Waals surface area contributed by atoms with Crippen LogP contribution in [0.2, 0.25) is 0 Å². The SMILES string of the molecule is CN=C(NCCCOCCOC)N(C)Cc1cn(C)nc1C(C)C.I. The molecular weight excluding hydrogens is 433 g/mol. The van der Waals surface area contributed by atoms with Gasteiger partial charge in [0.25, 0.3) is 0 Å². The Hall–Kier alpha value is -0.870. The van der Waals surface area contributed by atoms with Crippen molar-refractivity contribution in [3.05, 3.63) is 17.5 Å². The largest absolute Gasteiger partial charge is 0.382 e. The maximum absolute atomic E-state index is 5.46. The highest BCUT2D eigenvalue weighted by Gasteiger charge is 2.14. The summed E-state index contributed by atoms with van der Waals surface area (Å²) in [5.41, 5.74) is 2.38. The molecule has 146 valence electrons. The molecule has 8 heteroatoms. The Kier molecular flexibility index (Phi) is 12.9. The van der Waals surface area contributed by atoms with E-state index in [0.717, 1.165) is 37.8 Å². The van der Waals surface area contributed by atoms with Gasteiger partial charge in [0, 0.05) is 59.7 Å². The number of halogens is 1. The lowest BCUT2D eigenvalue weighted by Crippen LogP contribution is -2.39. The molecule has 0 amide bonds. The van der Waals surface area contributed by atoms with Crippen LogP contribution in [-0.2, 0) is 23.1 Å². The number of hydrogen-bond donors (Lipinski definition) is 1. The molecule has 1 heterocycles. The standard InChI is InChI=1S/C17H33N5O2.HI/c1-14(2)16-15(13-22(5)20-16)12-21(4)17(18-3)19-8-7-9-24-11-10-23-6;/h13-14H,7-12H2,1-6H3,(H,18,19);1H. The van der Waals surface area contributed by atoms with E-state index in [0.29, 0.717) is 19.1 Å². The lowest BCUT2D eigenvalue weighted by atomic mass is 10.1. The Labute approximate surface area is 169 Å². The van der Waals surface area contributed by atoms with Crippen molar-refractivity contribution in [1.29, 1.82) is 0 Å². The van der Waals surface area contributed by atoms with E-state index in [-0.39, 0.29) is 24.0 Å². The van der Waals surface area contributed by atoms with Crippen LogP contribution in [0.4, 0.5) is 0 Å². The molecular formula is C17H34IN5O2. The number of rotatable bonds is 10. The number of hydrogen-bond acceptors (Lipinski definition) is 4. The zero-order valence-electron chi connectivity index (χ0n) is 16.4. The van der Waals surface area contributed by atoms with Crippen molar-refractivity contribution in [1.82, 2.24) is 20.0 Å². The van der Waals surface area contributed by atoms with Crippen LogP contribution in [0.3, 0.4) is 0 Å². The molecule has 0 saturated heterocycles. The molecule has 0 aliphatic heterocycles. The number of ether oxygens (including phenoxy) is 2. The van der Waals surface area contributed by atoms with Gasteiger partial charge in [0.05, 0.1) is 18.9 Å². The molecule has 0 atom stereocenters. The number of aliphatic imine (C=N–C) groups is 1. The summed E-state index contributed by atoms with van der Waals surface area (Å²) in [6.07, 6.45) is 3.02. The van der Waals surface area contributed by atoms with Gasteiger partial charge in [-0.15, -0.1) is 24.0 Å². The van der Waals surface area contributed by atoms with Crippen LogP contribution < -0.4 is 5.32 Å². The third-order valence-electron chi connectivity index (χ3n) is 3.65. The van der Waals surface area contributed by atoms with Crippen molar-refractivity contribution in [2.45, 2.75) is 32.7 Å². The predicted octanol–water partition coefficient (Wildman–Crippen LogP) is 2.22. The zero-order valence-corrected chi connectivity index (χ0v) is 18.7. The molecule has 1 aromatic rings. The van der Waals surface area contributed by atoms with E-state index in [9.17, 15) is 0 Å². The van der Waals surface area contributed by atoms with E-state index < -0.39 is 0 Å². The fraction of sp³-hybridized carbons (Fsp3) is 0.765. The first-order valence-electron chi connectivity index (χ1n) is 8.50. The third-order valence-corrected chi connectivity index (χ3v) is 3.65. The van der Waals surface area contributed by atoms with Gasteiger partial charge in [-0.05, 0) is 12.3 Å². The molecule has 25 heavy (non-hydrogen) atoms. The highest BCUT2D eigenvalue weighted by atomic mass is 127. The Morgan fingerprint density at radius 2 is 2.08 bits per heavy atom. The van der Waals surface area contributed by atoms with Gasteiger partial charge in [0.2, 0.25) is 0 Å². The molecule has 1 N–H and O–H groups in total. The predicted molar refractivity (Wildman–Crippen MR) is 113 cm³/mol. The Balaban J connectivity index is 0.00000576. The van der Waals surface area contributed by atoms with Crippen LogP contribution in [-0.4, -0.2) is 68.2 Å². The van der Waals surface area contributed by atoms with Gasteiger partial charge in [-0.25, -0.2) is 0 Å². The second-order valence-electron chi connectivity index (χ2n) is 6.16. The Morgan fingerprint density at radius 1 is 1.36 bits per heavy atom. The number of aryl methyl sites for hydroxylation is 1. The summed E-state index contributed by atoms with van der Waals surface area (Å²) in [5.74, 6) is 1.29. The molecule has 0 radical (unpaired) electrons. The monoisotopic (exact) mass is 467 g/mol. The molecule has 0 aliphatic carbocycles. The van der Waals surface area contributed by atoms with Crippen LogP contribution in [0.15, 0.2) is 11.2 Å². The van der Waals surface area contributed by atoms with Crippen LogP contribution in [0, 0.1) is 0 Å². The minimum Gasteiger partial charge on any atom is -0.382 e. The van der Waals surface area contributed by atoms with Gasteiger partial charge in [-0.1, -0.05) is 13.8 Å². The first-order chi connectivity index (χ1) is 11.5. The Morgan fingerprint density at radius 3 is 2.68 bits per heavy atom. The second kappa shape index (κ2) is 13.3. The quantitative estimate of drug-likeness (QED) is 0.248. The van der Waals surface area contributed by atoms with Gasteiger partial charge in [-0.2, -0.15) is 5.10 Å². The molecule has 0 bridgehead atoms. The summed E-state index contributed by atoms with van der Waals surface area (Å²) in [7, 11) is 7.49. The highest BCUT2D eigenvalue weighted by Crippen LogP contribution is 2.18. The summed E-state index contributed by atoms with van der Waals surface area (Å²) >= 11 is 0. The second-order valence-corrected chi connectivity index (χ2v) is 6.16. The van der Waals surface area contributed by atoms with Crippen LogP contribution >= 0.6 is 24.0 Å². The van der Waals surface area contributed by atoms with E-state index >= 15 is 0 Å². The number of aromatic nitrogens is 2. The van der Waals surface area contributed by atoms with Crippen LogP contribution in [0.1, 0.15) is 37.4 Å². The molecule has 0 aliphatic rings. The molecule has 7 nitrogen and oxygen atoms in total. The minimum absolute atomic E-state index is 0. The summed E-state index contributed by atoms with van der Waals surface area (Å²) in [4.78, 5) is 6.48. The van der Waals surface area contributed by atoms with Crippen molar-refractivity contribution in [2.24, 2.45) is 12.0 Å². The lowest BCUT2D eigenvalue weighted by Gasteiger charge is -2.22. The first-order valence-corrected chi connectivity index (χ1v) is 8.50. The van der Waals surface area contributed by atoms with Crippen LogP contribution in [0.25, 0.3) is 0 Å². The number of nitrogens with zero attached hydrogens (tertiary/aromatic N) is 4. The molecule has 0 fully saturated rings. The molecule has 0 spiro atoms. The summed E-state index contributed by atoms with van der Waals surface area (Å²) < 4.78 is 12.3. The first kappa shape index (κ1) is 24.1.